The van der Waals surface area contributed by atoms with Crippen LogP contribution in [0.5, 0.6) is 0 Å². The maximum Gasteiger partial charge on any atom is 0.145 e. The van der Waals surface area contributed by atoms with Gasteiger partial charge in [-0.3, -0.25) is 0 Å². The van der Waals surface area contributed by atoms with Crippen molar-refractivity contribution in [1.82, 2.24) is 0 Å². The third-order valence-corrected chi connectivity index (χ3v) is 6.48. The van der Waals surface area contributed by atoms with Crippen LogP contribution in [0.1, 0.15) is 36.8 Å². The Morgan fingerprint density at radius 2 is 1.72 bits per heavy atom. The van der Waals surface area contributed by atoms with E-state index in [9.17, 15) is 0 Å². The Morgan fingerprint density at radius 1 is 0.931 bits per heavy atom. The van der Waals surface area contributed by atoms with Crippen molar-refractivity contribution >= 4 is 21.6 Å². The van der Waals surface area contributed by atoms with Gasteiger partial charge >= 0.3 is 0 Å². The van der Waals surface area contributed by atoms with E-state index in [1.807, 2.05) is 6.07 Å². The fourth-order valence-electron chi connectivity index (χ4n) is 4.50. The maximum atomic E-state index is 6.25. The third kappa shape index (κ3) is 3.89. The van der Waals surface area contributed by atoms with E-state index in [1.54, 1.807) is 0 Å². The number of benzene rings is 2. The molecule has 1 saturated carbocycles. The second-order valence-electron chi connectivity index (χ2n) is 7.94. The van der Waals surface area contributed by atoms with Crippen LogP contribution in [0.25, 0.3) is 0 Å². The molecule has 1 heterocycles. The van der Waals surface area contributed by atoms with Crippen molar-refractivity contribution in [3.8, 4) is 0 Å². The molecule has 3 heteroatoms. The summed E-state index contributed by atoms with van der Waals surface area (Å²) in [7, 11) is 0. The Balaban J connectivity index is 1.45. The molecule has 2 nitrogen and oxygen atoms in total. The summed E-state index contributed by atoms with van der Waals surface area (Å²) >= 11 is 3.54. The zero-order valence-corrected chi connectivity index (χ0v) is 18.0. The van der Waals surface area contributed by atoms with Gasteiger partial charge in [-0.25, -0.2) is 4.99 Å². The van der Waals surface area contributed by atoms with E-state index in [1.165, 1.54) is 40.8 Å². The Morgan fingerprint density at radius 3 is 2.55 bits per heavy atom. The Kier molecular flexibility index (Phi) is 5.24. The average molecular weight is 446 g/mol. The summed E-state index contributed by atoms with van der Waals surface area (Å²) in [5.41, 5.74) is 7.81. The summed E-state index contributed by atoms with van der Waals surface area (Å²) in [6, 6.07) is 19.0. The molecule has 1 fully saturated rings. The first-order chi connectivity index (χ1) is 14.3. The second-order valence-corrected chi connectivity index (χ2v) is 8.86. The van der Waals surface area contributed by atoms with E-state index in [-0.39, 0.29) is 0 Å². The van der Waals surface area contributed by atoms with Crippen molar-refractivity contribution in [1.29, 1.82) is 0 Å². The molecule has 2 aliphatic carbocycles. The standard InChI is InChI=1S/C26H24BrNO/c27-21-13-10-18(11-14-21)16-20-12-15-24(29-17-19-6-2-1-3-7-19)26-25(20)22-8-4-5-9-23(22)28-26/h1-3,6-7,10-15,20H,4-5,8-9,16-17H2. The molecule has 1 unspecified atom stereocenters. The van der Waals surface area contributed by atoms with E-state index in [4.69, 9.17) is 9.73 Å². The highest BCUT2D eigenvalue weighted by Crippen LogP contribution is 2.43. The van der Waals surface area contributed by atoms with Crippen LogP contribution in [-0.4, -0.2) is 5.71 Å². The highest BCUT2D eigenvalue weighted by atomic mass is 79.9. The van der Waals surface area contributed by atoms with Gasteiger partial charge in [0.2, 0.25) is 0 Å². The summed E-state index contributed by atoms with van der Waals surface area (Å²) in [6.45, 7) is 0.578. The summed E-state index contributed by atoms with van der Waals surface area (Å²) in [5.74, 6) is 1.29. The molecule has 0 bridgehead atoms. The smallest absolute Gasteiger partial charge is 0.145 e. The van der Waals surface area contributed by atoms with Crippen LogP contribution in [0, 0.1) is 5.92 Å². The van der Waals surface area contributed by atoms with Crippen molar-refractivity contribution in [2.75, 3.05) is 0 Å². The first-order valence-electron chi connectivity index (χ1n) is 10.4. The van der Waals surface area contributed by atoms with Gasteiger partial charge in [0.1, 0.15) is 18.1 Å². The van der Waals surface area contributed by atoms with Crippen LogP contribution in [0.3, 0.4) is 0 Å². The highest BCUT2D eigenvalue weighted by Gasteiger charge is 2.34. The third-order valence-electron chi connectivity index (χ3n) is 5.96. The zero-order valence-electron chi connectivity index (χ0n) is 16.4. The summed E-state index contributed by atoms with van der Waals surface area (Å²) in [5, 5.41) is 0. The first kappa shape index (κ1) is 18.6. The molecule has 146 valence electrons. The molecule has 0 aromatic heterocycles. The van der Waals surface area contributed by atoms with E-state index in [2.05, 4.69) is 76.6 Å². The largest absolute Gasteiger partial charge is 0.487 e. The van der Waals surface area contributed by atoms with Crippen molar-refractivity contribution in [3.63, 3.8) is 0 Å². The van der Waals surface area contributed by atoms with Crippen LogP contribution in [0.15, 0.2) is 98.8 Å². The number of nitrogens with zero attached hydrogens (tertiary/aromatic N) is 1. The number of hydrogen-bond donors (Lipinski definition) is 0. The Labute approximate surface area is 180 Å². The highest BCUT2D eigenvalue weighted by molar-refractivity contribution is 9.10. The summed E-state index contributed by atoms with van der Waals surface area (Å²) in [6.07, 6.45) is 10.2. The molecular formula is C26H24BrNO. The van der Waals surface area contributed by atoms with Gasteiger partial charge in [-0.1, -0.05) is 64.5 Å². The van der Waals surface area contributed by atoms with E-state index in [0.29, 0.717) is 12.5 Å². The number of halogens is 1. The van der Waals surface area contributed by atoms with Crippen molar-refractivity contribution in [2.24, 2.45) is 10.9 Å². The van der Waals surface area contributed by atoms with Gasteiger partial charge in [0.05, 0.1) is 0 Å². The maximum absolute atomic E-state index is 6.25. The monoisotopic (exact) mass is 445 g/mol. The van der Waals surface area contributed by atoms with Crippen LogP contribution < -0.4 is 0 Å². The van der Waals surface area contributed by atoms with Gasteiger partial charge in [-0.15, -0.1) is 0 Å². The molecule has 2 aromatic rings. The van der Waals surface area contributed by atoms with Crippen LogP contribution in [-0.2, 0) is 17.8 Å². The number of hydrogen-bond acceptors (Lipinski definition) is 2. The second kappa shape index (κ2) is 8.16. The van der Waals surface area contributed by atoms with Crippen molar-refractivity contribution in [2.45, 2.75) is 38.7 Å². The molecule has 0 spiro atoms. The van der Waals surface area contributed by atoms with Crippen LogP contribution in [0.2, 0.25) is 0 Å². The van der Waals surface area contributed by atoms with E-state index in [0.717, 1.165) is 35.2 Å². The molecule has 1 aliphatic heterocycles. The molecule has 5 rings (SSSR count). The first-order valence-corrected chi connectivity index (χ1v) is 11.2. The molecule has 3 aliphatic rings. The van der Waals surface area contributed by atoms with E-state index >= 15 is 0 Å². The molecule has 2 aromatic carbocycles. The van der Waals surface area contributed by atoms with Gasteiger partial charge in [-0.2, -0.15) is 0 Å². The molecule has 0 amide bonds. The van der Waals surface area contributed by atoms with Gasteiger partial charge in [0.15, 0.2) is 0 Å². The molecule has 0 radical (unpaired) electrons. The molecule has 29 heavy (non-hydrogen) atoms. The zero-order chi connectivity index (χ0) is 19.6. The summed E-state index contributed by atoms with van der Waals surface area (Å²) in [4.78, 5) is 5.07. The topological polar surface area (TPSA) is 21.6 Å². The Hall–Kier alpha value is -2.39. The predicted octanol–water partition coefficient (Wildman–Crippen LogP) is 6.93. The lowest BCUT2D eigenvalue weighted by atomic mass is 9.81. The molecule has 1 atom stereocenters. The van der Waals surface area contributed by atoms with Crippen LogP contribution >= 0.6 is 15.9 Å². The lowest BCUT2D eigenvalue weighted by molar-refractivity contribution is 0.206. The fourth-order valence-corrected chi connectivity index (χ4v) is 4.77. The van der Waals surface area contributed by atoms with Crippen molar-refractivity contribution < 1.29 is 4.74 Å². The average Bonchev–Trinajstić information content (AvgIpc) is 3.16. The Bertz CT molecular complexity index is 1030. The van der Waals surface area contributed by atoms with E-state index < -0.39 is 0 Å². The normalized spacial score (nSPS) is 20.4. The summed E-state index contributed by atoms with van der Waals surface area (Å²) < 4.78 is 7.37. The number of allylic oxidation sites excluding steroid dienone is 4. The quantitative estimate of drug-likeness (QED) is 0.488. The number of fused-ring (bicyclic) bond motifs is 2. The number of rotatable bonds is 5. The lowest BCUT2D eigenvalue weighted by Gasteiger charge is -2.24. The molecule has 0 N–H and O–H groups in total. The number of aliphatic imine (C=N–C) groups is 1. The van der Waals surface area contributed by atoms with Gasteiger partial charge in [0, 0.05) is 16.1 Å². The lowest BCUT2D eigenvalue weighted by Crippen LogP contribution is -2.15. The minimum atomic E-state index is 0.365. The van der Waals surface area contributed by atoms with Gasteiger partial charge < -0.3 is 4.74 Å². The number of ether oxygens (including phenoxy) is 1. The van der Waals surface area contributed by atoms with Gasteiger partial charge in [0.25, 0.3) is 0 Å². The SMILES string of the molecule is Brc1ccc(CC2C=CC(OCc3ccccc3)=C3N=C4CCCCC4=C32)cc1. The van der Waals surface area contributed by atoms with Crippen LogP contribution in [0.4, 0.5) is 0 Å². The molecule has 0 saturated heterocycles. The van der Waals surface area contributed by atoms with Gasteiger partial charge in [-0.05, 0) is 72.6 Å². The predicted molar refractivity (Wildman–Crippen MR) is 122 cm³/mol. The molecular weight excluding hydrogens is 422 g/mol. The minimum Gasteiger partial charge on any atom is -0.487 e. The fraction of sp³-hybridized carbons (Fsp3) is 0.269. The van der Waals surface area contributed by atoms with Crippen molar-refractivity contribution in [3.05, 3.63) is 105 Å². The minimum absolute atomic E-state index is 0.365.